The molecule has 0 spiro atoms. The number of aromatic nitrogens is 4. The van der Waals surface area contributed by atoms with E-state index in [-0.39, 0.29) is 27.9 Å². The zero-order chi connectivity index (χ0) is 23.9. The summed E-state index contributed by atoms with van der Waals surface area (Å²) in [5, 5.41) is 13.1. The monoisotopic (exact) mass is 467 g/mol. The molecule has 0 saturated carbocycles. The molecule has 2 N–H and O–H groups in total. The Labute approximate surface area is 192 Å². The van der Waals surface area contributed by atoms with Crippen LogP contribution in [-0.2, 0) is 7.05 Å². The second-order valence-electron chi connectivity index (χ2n) is 7.61. The molecule has 3 aromatic heterocycles. The summed E-state index contributed by atoms with van der Waals surface area (Å²) in [5.41, 5.74) is 2.08. The van der Waals surface area contributed by atoms with Crippen molar-refractivity contribution in [1.82, 2.24) is 19.5 Å². The fourth-order valence-corrected chi connectivity index (χ4v) is 3.79. The van der Waals surface area contributed by atoms with Gasteiger partial charge in [-0.15, -0.1) is 0 Å². The smallest absolute Gasteiger partial charge is 0.356 e. The molecule has 0 aliphatic carbocycles. The first-order chi connectivity index (χ1) is 15.7. The van der Waals surface area contributed by atoms with Crippen LogP contribution in [-0.4, -0.2) is 30.6 Å². The van der Waals surface area contributed by atoms with E-state index in [4.69, 9.17) is 16.6 Å². The fraction of sp³-hybridized carbons (Fsp3) is 0.174. The summed E-state index contributed by atoms with van der Waals surface area (Å²) in [5.74, 6) is -1.44. The number of carboxylic acid groups (broad SMARTS) is 1. The standard InChI is InChI=1S/C23H19ClFN5O3/c1-11-8-14(12(2)27-16-6-7-18(24)28-20(16)23(32)33)19-15(9-11)22(31)30(3)21(29-19)17-5-4-13(25)10-26-17/h4-10,12,27H,1-3H3,(H,32,33). The quantitative estimate of drug-likeness (QED) is 0.419. The number of rotatable bonds is 5. The number of carbonyl (C=O) groups is 1. The first kappa shape index (κ1) is 22.3. The van der Waals surface area contributed by atoms with Crippen molar-refractivity contribution < 1.29 is 14.3 Å². The van der Waals surface area contributed by atoms with E-state index in [1.807, 2.05) is 19.9 Å². The largest absolute Gasteiger partial charge is 0.476 e. The van der Waals surface area contributed by atoms with Crippen molar-refractivity contribution >= 4 is 34.2 Å². The molecule has 4 aromatic rings. The van der Waals surface area contributed by atoms with Gasteiger partial charge < -0.3 is 10.4 Å². The van der Waals surface area contributed by atoms with Gasteiger partial charge in [0.25, 0.3) is 5.56 Å². The lowest BCUT2D eigenvalue weighted by Crippen LogP contribution is -2.22. The van der Waals surface area contributed by atoms with Gasteiger partial charge in [-0.2, -0.15) is 0 Å². The van der Waals surface area contributed by atoms with Gasteiger partial charge in [0.2, 0.25) is 0 Å². The van der Waals surface area contributed by atoms with Crippen LogP contribution in [0, 0.1) is 12.7 Å². The summed E-state index contributed by atoms with van der Waals surface area (Å²) in [6, 6.07) is 8.91. The van der Waals surface area contributed by atoms with E-state index in [1.54, 1.807) is 13.1 Å². The Balaban J connectivity index is 1.88. The number of hydrogen-bond acceptors (Lipinski definition) is 6. The van der Waals surface area contributed by atoms with Crippen LogP contribution in [0.5, 0.6) is 0 Å². The minimum atomic E-state index is -1.22. The summed E-state index contributed by atoms with van der Waals surface area (Å²) in [6.07, 6.45) is 1.06. The van der Waals surface area contributed by atoms with Crippen LogP contribution >= 0.6 is 11.6 Å². The Morgan fingerprint density at radius 3 is 2.64 bits per heavy atom. The van der Waals surface area contributed by atoms with Crippen LogP contribution in [0.25, 0.3) is 22.4 Å². The second kappa shape index (κ2) is 8.59. The zero-order valence-corrected chi connectivity index (χ0v) is 18.7. The molecule has 1 aromatic carbocycles. The van der Waals surface area contributed by atoms with Crippen molar-refractivity contribution in [3.63, 3.8) is 0 Å². The van der Waals surface area contributed by atoms with Gasteiger partial charge in [0.05, 0.1) is 28.8 Å². The van der Waals surface area contributed by atoms with E-state index in [1.165, 1.54) is 28.8 Å². The first-order valence-electron chi connectivity index (χ1n) is 9.95. The Kier molecular flexibility index (Phi) is 5.82. The van der Waals surface area contributed by atoms with Crippen molar-refractivity contribution in [3.05, 3.63) is 80.7 Å². The lowest BCUT2D eigenvalue weighted by Gasteiger charge is -2.20. The molecule has 4 rings (SSSR count). The highest BCUT2D eigenvalue weighted by atomic mass is 35.5. The van der Waals surface area contributed by atoms with Gasteiger partial charge >= 0.3 is 5.97 Å². The Bertz CT molecular complexity index is 1450. The molecule has 0 amide bonds. The van der Waals surface area contributed by atoms with Gasteiger partial charge in [0.1, 0.15) is 16.7 Å². The Morgan fingerprint density at radius 2 is 1.97 bits per heavy atom. The molecular formula is C23H19ClFN5O3. The summed E-state index contributed by atoms with van der Waals surface area (Å²) in [4.78, 5) is 37.4. The Morgan fingerprint density at radius 1 is 1.21 bits per heavy atom. The minimum absolute atomic E-state index is 0.0632. The van der Waals surface area contributed by atoms with Gasteiger partial charge in [0, 0.05) is 12.6 Å². The van der Waals surface area contributed by atoms with Crippen LogP contribution in [0.4, 0.5) is 10.1 Å². The number of anilines is 1. The molecule has 33 heavy (non-hydrogen) atoms. The summed E-state index contributed by atoms with van der Waals surface area (Å²) >= 11 is 5.85. The maximum atomic E-state index is 13.4. The van der Waals surface area contributed by atoms with E-state index in [0.29, 0.717) is 22.2 Å². The predicted molar refractivity (Wildman–Crippen MR) is 123 cm³/mol. The molecule has 8 nitrogen and oxygen atoms in total. The third-order valence-electron chi connectivity index (χ3n) is 5.21. The van der Waals surface area contributed by atoms with Gasteiger partial charge in [0.15, 0.2) is 11.5 Å². The number of halogens is 2. The molecule has 0 radical (unpaired) electrons. The molecule has 1 unspecified atom stereocenters. The van der Waals surface area contributed by atoms with E-state index >= 15 is 0 Å². The van der Waals surface area contributed by atoms with Crippen LogP contribution in [0.2, 0.25) is 5.15 Å². The maximum Gasteiger partial charge on any atom is 0.356 e. The van der Waals surface area contributed by atoms with Crippen molar-refractivity contribution in [3.8, 4) is 11.5 Å². The van der Waals surface area contributed by atoms with Crippen LogP contribution < -0.4 is 10.9 Å². The van der Waals surface area contributed by atoms with Gasteiger partial charge in [-0.1, -0.05) is 17.7 Å². The Hall–Kier alpha value is -3.85. The van der Waals surface area contributed by atoms with Gasteiger partial charge in [-0.3, -0.25) is 9.36 Å². The van der Waals surface area contributed by atoms with Crippen molar-refractivity contribution in [2.24, 2.45) is 7.05 Å². The highest BCUT2D eigenvalue weighted by Crippen LogP contribution is 2.29. The highest BCUT2D eigenvalue weighted by molar-refractivity contribution is 6.29. The third-order valence-corrected chi connectivity index (χ3v) is 5.42. The molecule has 1 atom stereocenters. The number of carboxylic acids is 1. The summed E-state index contributed by atoms with van der Waals surface area (Å²) < 4.78 is 14.7. The van der Waals surface area contributed by atoms with Crippen LogP contribution in [0.1, 0.15) is 34.6 Å². The topological polar surface area (TPSA) is 110 Å². The number of fused-ring (bicyclic) bond motifs is 1. The van der Waals surface area contributed by atoms with Gasteiger partial charge in [-0.05, 0) is 49.7 Å². The number of pyridine rings is 2. The number of aryl methyl sites for hydroxylation is 1. The number of benzene rings is 1. The molecule has 0 aliphatic rings. The van der Waals surface area contributed by atoms with E-state index < -0.39 is 17.8 Å². The summed E-state index contributed by atoms with van der Waals surface area (Å²) in [6.45, 7) is 3.68. The molecule has 0 fully saturated rings. The first-order valence-corrected chi connectivity index (χ1v) is 10.3. The summed E-state index contributed by atoms with van der Waals surface area (Å²) in [7, 11) is 1.58. The average molecular weight is 468 g/mol. The molecule has 168 valence electrons. The predicted octanol–water partition coefficient (Wildman–Crippen LogP) is 4.36. The SMILES string of the molecule is Cc1cc(C(C)Nc2ccc(Cl)nc2C(=O)O)c2nc(-c3ccc(F)cn3)n(C)c(=O)c2c1. The van der Waals surface area contributed by atoms with Crippen LogP contribution in [0.15, 0.2) is 47.4 Å². The number of hydrogen-bond donors (Lipinski definition) is 2. The molecular weight excluding hydrogens is 449 g/mol. The lowest BCUT2D eigenvalue weighted by molar-refractivity contribution is 0.0691. The van der Waals surface area contributed by atoms with Crippen molar-refractivity contribution in [2.75, 3.05) is 5.32 Å². The molecule has 10 heteroatoms. The minimum Gasteiger partial charge on any atom is -0.476 e. The highest BCUT2D eigenvalue weighted by Gasteiger charge is 2.20. The number of nitrogens with one attached hydrogen (secondary N) is 1. The molecule has 3 heterocycles. The van der Waals surface area contributed by atoms with E-state index in [2.05, 4.69) is 15.3 Å². The normalized spacial score (nSPS) is 12.0. The van der Waals surface area contributed by atoms with Crippen molar-refractivity contribution in [2.45, 2.75) is 19.9 Å². The molecule has 0 saturated heterocycles. The molecule has 0 bridgehead atoms. The van der Waals surface area contributed by atoms with Crippen LogP contribution in [0.3, 0.4) is 0 Å². The average Bonchev–Trinajstić information content (AvgIpc) is 2.77. The molecule has 0 aliphatic heterocycles. The lowest BCUT2D eigenvalue weighted by atomic mass is 10.0. The number of nitrogens with zero attached hydrogens (tertiary/aromatic N) is 4. The third kappa shape index (κ3) is 4.27. The number of aromatic carboxylic acids is 1. The maximum absolute atomic E-state index is 13.4. The fourth-order valence-electron chi connectivity index (χ4n) is 3.65. The zero-order valence-electron chi connectivity index (χ0n) is 17.9. The van der Waals surface area contributed by atoms with Crippen molar-refractivity contribution in [1.29, 1.82) is 0 Å². The van der Waals surface area contributed by atoms with E-state index in [9.17, 15) is 19.1 Å². The van der Waals surface area contributed by atoms with E-state index in [0.717, 1.165) is 11.8 Å². The second-order valence-corrected chi connectivity index (χ2v) is 8.00. The van der Waals surface area contributed by atoms with Gasteiger partial charge in [-0.25, -0.2) is 24.1 Å².